The van der Waals surface area contributed by atoms with Crippen LogP contribution in [-0.4, -0.2) is 303 Å². The third kappa shape index (κ3) is 11.8. The maximum Gasteiger partial charge on any atom is 0.312 e. The molecule has 29 nitrogen and oxygen atoms in total. The van der Waals surface area contributed by atoms with Gasteiger partial charge in [-0.05, 0) is 93.5 Å². The highest BCUT2D eigenvalue weighted by atomic mass is 16.8. The lowest BCUT2D eigenvalue weighted by molar-refractivity contribution is -0.391. The van der Waals surface area contributed by atoms with Gasteiger partial charge >= 0.3 is 5.97 Å². The van der Waals surface area contributed by atoms with Crippen molar-refractivity contribution in [1.82, 2.24) is 0 Å². The van der Waals surface area contributed by atoms with Gasteiger partial charge in [0.1, 0.15) is 116 Å². The summed E-state index contributed by atoms with van der Waals surface area (Å²) in [6.45, 7) is 6.96. The zero-order valence-electron chi connectivity index (χ0n) is 50.4. The standard InChI is InChI=1S/C59H96O29/c1-24-36(68)47(87-52-48(43(75)39(71)30(19-62)84-52)88-50-45(77)41(73)38(70)29(18-61)83-50)46(78)51(82-24)86-35-10-11-55(3)32(56(35,4)22-63)9-12-57(5)33(55)8-7-25-26-15-54(2,13-14-59(26,23-64)34(67)16-58(25,57)6)53(79)81-21-31-40(72)42(74)44(76)49(85-31)80-20-28(66)37(69)27(65)17-60/h7-8,24,27-52,60-78H,9-23H2,1-6H3/t24-,27?,28?,29-,30-,31-,32?,33?,34-,35+,36+,37?,38-,39-,40-,41-,42-,43-,44-,45-,46-,47-,48-,49+,50+,51+,52+,54+,55+,56+,57-,58-,59-/m1/s1. The molecule has 4 aliphatic heterocycles. The predicted molar refractivity (Wildman–Crippen MR) is 294 cm³/mol. The van der Waals surface area contributed by atoms with Crippen LogP contribution in [0.25, 0.3) is 0 Å². The Hall–Kier alpha value is -2.13. The molecule has 4 saturated heterocycles. The van der Waals surface area contributed by atoms with Gasteiger partial charge in [-0.3, -0.25) is 4.79 Å². The number of aliphatic hydroxyl groups is 19. The van der Waals surface area contributed by atoms with Crippen LogP contribution in [0.15, 0.2) is 23.3 Å². The minimum atomic E-state index is -1.96. The predicted octanol–water partition coefficient (Wildman–Crippen LogP) is -6.07. The summed E-state index contributed by atoms with van der Waals surface area (Å²) in [6.07, 6.45) is -34.3. The molecular formula is C59H96O29. The largest absolute Gasteiger partial charge is 0.462 e. The molecule has 33 atom stereocenters. The lowest BCUT2D eigenvalue weighted by atomic mass is 9.35. The molecule has 0 radical (unpaired) electrons. The quantitative estimate of drug-likeness (QED) is 0.0423. The average Bonchev–Trinajstić information content (AvgIpc) is 0.677. The van der Waals surface area contributed by atoms with E-state index in [0.717, 1.165) is 5.57 Å². The molecule has 9 rings (SSSR count). The van der Waals surface area contributed by atoms with E-state index in [9.17, 15) is 96.7 Å². The molecule has 4 heterocycles. The first kappa shape index (κ1) is 70.2. The van der Waals surface area contributed by atoms with Crippen molar-refractivity contribution in [3.05, 3.63) is 23.3 Å². The van der Waals surface area contributed by atoms with Crippen molar-refractivity contribution >= 4 is 5.97 Å². The van der Waals surface area contributed by atoms with Gasteiger partial charge in [-0.1, -0.05) is 45.4 Å². The lowest BCUT2D eigenvalue weighted by Crippen LogP contribution is -2.67. The molecule has 0 spiro atoms. The van der Waals surface area contributed by atoms with Crippen LogP contribution < -0.4 is 0 Å². The van der Waals surface area contributed by atoms with Gasteiger partial charge in [-0.15, -0.1) is 0 Å². The normalized spacial score (nSPS) is 51.5. The Kier molecular flexibility index (Phi) is 21.2. The fourth-order valence-electron chi connectivity index (χ4n) is 16.7. The zero-order valence-corrected chi connectivity index (χ0v) is 50.4. The topological polar surface area (TPSA) is 485 Å². The Morgan fingerprint density at radius 2 is 1.20 bits per heavy atom. The smallest absolute Gasteiger partial charge is 0.312 e. The molecule has 0 aromatic rings. The van der Waals surface area contributed by atoms with Crippen molar-refractivity contribution in [3.8, 4) is 0 Å². The molecular weight excluding hydrogens is 1170 g/mol. The molecule has 29 heteroatoms. The third-order valence-corrected chi connectivity index (χ3v) is 22.7. The zero-order chi connectivity index (χ0) is 64.7. The van der Waals surface area contributed by atoms with Crippen molar-refractivity contribution in [2.75, 3.05) is 46.2 Å². The Labute approximate surface area is 509 Å². The fraction of sp³-hybridized carbons (Fsp3) is 0.915. The Balaban J connectivity index is 0.919. The van der Waals surface area contributed by atoms with Gasteiger partial charge in [0.15, 0.2) is 25.2 Å². The SMILES string of the molecule is C[C@H]1O[C@@H](O[C@H]2CC[C@@]3(C)C(CC[C@]4(C)C3C=CC3=C5C[C@@](C)(C(=O)OC[C@H]6O[C@H](OCC(O)C(O)C(O)CO)[C@H](O)[C@H](O)[C@@H]6O)CC[C@]5(CO)[C@H](O)C[C@]34C)[C@]2(C)CO)[C@H](O)[C@H](O[C@@H]2O[C@H](CO)[C@@H](O)[C@@H](O)[C@H]2O[C@@H]2O[C@H](CO)[C@@H](O)[C@@H](O)[C@H]2O)[C@H]1O. The van der Waals surface area contributed by atoms with Gasteiger partial charge in [0.25, 0.3) is 0 Å². The van der Waals surface area contributed by atoms with Crippen molar-refractivity contribution in [1.29, 1.82) is 0 Å². The number of allylic oxidation sites excluding steroid dienone is 3. The summed E-state index contributed by atoms with van der Waals surface area (Å²) in [7, 11) is 0. The molecule has 3 saturated carbocycles. The van der Waals surface area contributed by atoms with Crippen molar-refractivity contribution < 1.29 is 144 Å². The second kappa shape index (κ2) is 26.6. The van der Waals surface area contributed by atoms with Gasteiger partial charge in [0.2, 0.25) is 0 Å². The Morgan fingerprint density at radius 3 is 1.83 bits per heavy atom. The minimum Gasteiger partial charge on any atom is -0.462 e. The maximum absolute atomic E-state index is 14.4. The third-order valence-electron chi connectivity index (χ3n) is 22.7. The first-order chi connectivity index (χ1) is 41.3. The molecule has 506 valence electrons. The highest BCUT2D eigenvalue weighted by molar-refractivity contribution is 5.77. The number of carbonyl (C=O) groups is 1. The van der Waals surface area contributed by atoms with Gasteiger partial charge in [0, 0.05) is 16.2 Å². The Bertz CT molecular complexity index is 2460. The second-order valence-electron chi connectivity index (χ2n) is 27.7. The summed E-state index contributed by atoms with van der Waals surface area (Å²) in [6, 6.07) is 0. The van der Waals surface area contributed by atoms with E-state index in [4.69, 9.17) is 47.7 Å². The number of esters is 1. The number of ether oxygens (including phenoxy) is 9. The molecule has 0 amide bonds. The van der Waals surface area contributed by atoms with Crippen molar-refractivity contribution in [3.63, 3.8) is 0 Å². The highest BCUT2D eigenvalue weighted by Gasteiger charge is 2.70. The molecule has 0 aromatic heterocycles. The van der Waals surface area contributed by atoms with E-state index in [1.54, 1.807) is 6.92 Å². The monoisotopic (exact) mass is 1270 g/mol. The fourth-order valence-corrected chi connectivity index (χ4v) is 16.7. The number of fused-ring (bicyclic) bond motifs is 6. The number of carbonyl (C=O) groups excluding carboxylic acids is 1. The second-order valence-corrected chi connectivity index (χ2v) is 27.7. The van der Waals surface area contributed by atoms with Crippen LogP contribution >= 0.6 is 0 Å². The van der Waals surface area contributed by atoms with Crippen LogP contribution in [0.3, 0.4) is 0 Å². The first-order valence-electron chi connectivity index (χ1n) is 30.7. The highest BCUT2D eigenvalue weighted by Crippen LogP contribution is 2.74. The molecule has 19 N–H and O–H groups in total. The molecule has 5 unspecified atom stereocenters. The average molecular weight is 1270 g/mol. The summed E-state index contributed by atoms with van der Waals surface area (Å²) in [5.74, 6) is -1.12. The van der Waals surface area contributed by atoms with E-state index in [0.29, 0.717) is 31.3 Å². The van der Waals surface area contributed by atoms with E-state index in [1.807, 2.05) is 6.92 Å². The summed E-state index contributed by atoms with van der Waals surface area (Å²) in [4.78, 5) is 14.4. The van der Waals surface area contributed by atoms with E-state index in [1.165, 1.54) is 6.92 Å². The van der Waals surface area contributed by atoms with Crippen molar-refractivity contribution in [2.45, 2.75) is 246 Å². The number of rotatable bonds is 19. The van der Waals surface area contributed by atoms with Gasteiger partial charge in [-0.25, -0.2) is 0 Å². The Morgan fingerprint density at radius 1 is 0.614 bits per heavy atom. The van der Waals surface area contributed by atoms with Crippen molar-refractivity contribution in [2.24, 2.45) is 44.3 Å². The maximum atomic E-state index is 14.4. The van der Waals surface area contributed by atoms with Crippen LogP contribution in [0, 0.1) is 44.3 Å². The molecule has 9 aliphatic rings. The lowest BCUT2D eigenvalue weighted by Gasteiger charge is -2.70. The van der Waals surface area contributed by atoms with E-state index in [-0.39, 0.29) is 44.1 Å². The summed E-state index contributed by atoms with van der Waals surface area (Å²) in [5.41, 5.74) is -3.62. The summed E-state index contributed by atoms with van der Waals surface area (Å²) < 4.78 is 53.1. The van der Waals surface area contributed by atoms with E-state index in [2.05, 4.69) is 32.9 Å². The summed E-state index contributed by atoms with van der Waals surface area (Å²) >= 11 is 0. The first-order valence-corrected chi connectivity index (χ1v) is 30.7. The molecule has 0 bridgehead atoms. The molecule has 0 aromatic carbocycles. The number of aliphatic hydroxyl groups excluding tert-OH is 19. The van der Waals surface area contributed by atoms with E-state index < -0.39 is 231 Å². The molecule has 88 heavy (non-hydrogen) atoms. The summed E-state index contributed by atoms with van der Waals surface area (Å²) in [5, 5.41) is 204. The van der Waals surface area contributed by atoms with Crippen LogP contribution in [0.1, 0.15) is 92.9 Å². The van der Waals surface area contributed by atoms with Crippen LogP contribution in [-0.2, 0) is 47.4 Å². The van der Waals surface area contributed by atoms with Gasteiger partial charge in [-0.2, -0.15) is 0 Å². The van der Waals surface area contributed by atoms with Crippen LogP contribution in [0.2, 0.25) is 0 Å². The van der Waals surface area contributed by atoms with Crippen LogP contribution in [0.5, 0.6) is 0 Å². The van der Waals surface area contributed by atoms with Gasteiger partial charge < -0.3 is 140 Å². The molecule has 5 aliphatic carbocycles. The number of hydrogen-bond donors (Lipinski definition) is 19. The minimum absolute atomic E-state index is 0.0666. The number of hydrogen-bond acceptors (Lipinski definition) is 29. The van der Waals surface area contributed by atoms with Crippen LogP contribution in [0.4, 0.5) is 0 Å². The van der Waals surface area contributed by atoms with E-state index >= 15 is 0 Å². The molecule has 7 fully saturated rings. The van der Waals surface area contributed by atoms with Gasteiger partial charge in [0.05, 0.1) is 63.4 Å².